The van der Waals surface area contributed by atoms with Gasteiger partial charge in [-0.25, -0.2) is 0 Å². The second kappa shape index (κ2) is 14.2. The van der Waals surface area contributed by atoms with Crippen LogP contribution in [0, 0.1) is 62.1 Å². The zero-order valence-electron chi connectivity index (χ0n) is 34.8. The molecule has 52 heavy (non-hydrogen) atoms. The predicted molar refractivity (Wildman–Crippen MR) is 206 cm³/mol. The van der Waals surface area contributed by atoms with Crippen LogP contribution in [0.1, 0.15) is 165 Å². The van der Waals surface area contributed by atoms with Crippen LogP contribution in [0.2, 0.25) is 0 Å². The Morgan fingerprint density at radius 1 is 0.788 bits per heavy atom. The van der Waals surface area contributed by atoms with Gasteiger partial charge in [-0.1, -0.05) is 67.5 Å². The molecule has 0 aromatic heterocycles. The standard InChI is InChI=1S/C46H76O6/c1-30(2)39-32(51-36(47)28-41(3,4)5)27-46(29-50-37-15-11-13-25-48-37)24-23-44(9)31(40(39)46)17-18-34-43(8)21-20-35(52-38-16-12-14-26-49-38)42(6,7)33(43)19-22-45(34,44)10/h31-35,37-40H,1,11-29H2,2-10H3. The molecule has 0 aromatic rings. The molecule has 7 rings (SSSR count). The Balaban J connectivity index is 1.18. The largest absolute Gasteiger partial charge is 0.462 e. The lowest BCUT2D eigenvalue weighted by Gasteiger charge is -2.73. The van der Waals surface area contributed by atoms with Crippen molar-refractivity contribution in [3.8, 4) is 0 Å². The first-order chi connectivity index (χ1) is 24.4. The monoisotopic (exact) mass is 725 g/mol. The highest BCUT2D eigenvalue weighted by Gasteiger charge is 2.72. The second-order valence-corrected chi connectivity index (χ2v) is 21.8. The van der Waals surface area contributed by atoms with Gasteiger partial charge in [0.1, 0.15) is 6.10 Å². The molecule has 5 saturated carbocycles. The van der Waals surface area contributed by atoms with Crippen molar-refractivity contribution >= 4 is 5.97 Å². The van der Waals surface area contributed by atoms with E-state index in [-0.39, 0.29) is 63.8 Å². The van der Waals surface area contributed by atoms with Gasteiger partial charge in [0, 0.05) is 24.5 Å². The van der Waals surface area contributed by atoms with E-state index in [2.05, 4.69) is 68.9 Å². The lowest BCUT2D eigenvalue weighted by atomic mass is 9.32. The van der Waals surface area contributed by atoms with E-state index in [1.807, 2.05) is 0 Å². The molecule has 2 aliphatic heterocycles. The van der Waals surface area contributed by atoms with Crippen molar-refractivity contribution in [3.05, 3.63) is 12.2 Å². The fraction of sp³-hybridized carbons (Fsp3) is 0.935. The van der Waals surface area contributed by atoms with Crippen LogP contribution in [0.3, 0.4) is 0 Å². The Labute approximate surface area is 317 Å². The average molecular weight is 725 g/mol. The number of ether oxygens (including phenoxy) is 5. The predicted octanol–water partition coefficient (Wildman–Crippen LogP) is 11.1. The van der Waals surface area contributed by atoms with Crippen LogP contribution in [0.4, 0.5) is 0 Å². The van der Waals surface area contributed by atoms with Crippen LogP contribution in [-0.4, -0.2) is 50.6 Å². The van der Waals surface area contributed by atoms with Gasteiger partial charge in [0.15, 0.2) is 12.6 Å². The van der Waals surface area contributed by atoms with E-state index in [4.69, 9.17) is 23.7 Å². The highest BCUT2D eigenvalue weighted by molar-refractivity contribution is 5.70. The minimum absolute atomic E-state index is 0.0222. The number of carbonyl (C=O) groups is 1. The number of carbonyl (C=O) groups excluding carboxylic acids is 1. The van der Waals surface area contributed by atoms with Crippen LogP contribution in [0.5, 0.6) is 0 Å². The maximum absolute atomic E-state index is 13.5. The third kappa shape index (κ3) is 6.70. The quantitative estimate of drug-likeness (QED) is 0.141. The molecular formula is C46H76O6. The van der Waals surface area contributed by atoms with Gasteiger partial charge in [-0.05, 0) is 154 Å². The molecular weight excluding hydrogens is 649 g/mol. The molecule has 0 amide bonds. The Morgan fingerprint density at radius 2 is 1.48 bits per heavy atom. The molecule has 0 radical (unpaired) electrons. The van der Waals surface area contributed by atoms with Crippen molar-refractivity contribution in [2.24, 2.45) is 62.1 Å². The average Bonchev–Trinajstić information content (AvgIpc) is 3.39. The van der Waals surface area contributed by atoms with E-state index >= 15 is 0 Å². The molecule has 7 aliphatic rings. The topological polar surface area (TPSA) is 63.2 Å². The van der Waals surface area contributed by atoms with E-state index < -0.39 is 0 Å². The van der Waals surface area contributed by atoms with Gasteiger partial charge in [-0.2, -0.15) is 0 Å². The Hall–Kier alpha value is -0.950. The number of hydrogen-bond acceptors (Lipinski definition) is 6. The van der Waals surface area contributed by atoms with Crippen LogP contribution < -0.4 is 0 Å². The number of esters is 1. The SMILES string of the molecule is C=C(C)C1C(OC(=O)CC(C)(C)C)CC2(COC3CCCCO3)CCC3(C)C(CCC4C5(C)CCC(OC6CCCCO6)C(C)(C)C5CCC43C)C12. The van der Waals surface area contributed by atoms with Crippen molar-refractivity contribution in [2.75, 3.05) is 19.8 Å². The summed E-state index contributed by atoms with van der Waals surface area (Å²) in [6.07, 6.45) is 17.8. The summed E-state index contributed by atoms with van der Waals surface area (Å²) >= 11 is 0. The van der Waals surface area contributed by atoms with E-state index in [9.17, 15) is 4.79 Å². The summed E-state index contributed by atoms with van der Waals surface area (Å²) in [4.78, 5) is 13.5. The second-order valence-electron chi connectivity index (χ2n) is 21.8. The van der Waals surface area contributed by atoms with Gasteiger partial charge in [0.05, 0.1) is 19.1 Å². The first-order valence-electron chi connectivity index (χ1n) is 21.8. The maximum Gasteiger partial charge on any atom is 0.306 e. The molecule has 6 heteroatoms. The highest BCUT2D eigenvalue weighted by Crippen LogP contribution is 2.78. The maximum atomic E-state index is 13.5. The van der Waals surface area contributed by atoms with Crippen LogP contribution >= 0.6 is 0 Å². The third-order valence-electron chi connectivity index (χ3n) is 17.2. The lowest BCUT2D eigenvalue weighted by molar-refractivity contribution is -0.276. The van der Waals surface area contributed by atoms with Gasteiger partial charge in [0.2, 0.25) is 0 Å². The molecule has 7 fully saturated rings. The summed E-state index contributed by atoms with van der Waals surface area (Å²) in [5.41, 5.74) is 1.90. The molecule has 0 bridgehead atoms. The van der Waals surface area contributed by atoms with Crippen molar-refractivity contribution in [2.45, 2.75) is 190 Å². The zero-order chi connectivity index (χ0) is 37.3. The van der Waals surface area contributed by atoms with Gasteiger partial charge in [0.25, 0.3) is 0 Å². The van der Waals surface area contributed by atoms with Crippen LogP contribution in [0.15, 0.2) is 12.2 Å². The molecule has 2 saturated heterocycles. The van der Waals surface area contributed by atoms with E-state index in [1.54, 1.807) is 0 Å². The minimum atomic E-state index is -0.140. The Kier molecular flexibility index (Phi) is 10.7. The Morgan fingerprint density at radius 3 is 2.12 bits per heavy atom. The fourth-order valence-corrected chi connectivity index (χ4v) is 14.7. The summed E-state index contributed by atoms with van der Waals surface area (Å²) in [5, 5.41) is 0. The van der Waals surface area contributed by atoms with E-state index in [0.717, 1.165) is 58.2 Å². The summed E-state index contributed by atoms with van der Waals surface area (Å²) < 4.78 is 32.5. The van der Waals surface area contributed by atoms with Gasteiger partial charge >= 0.3 is 5.97 Å². The molecule has 0 aromatic carbocycles. The van der Waals surface area contributed by atoms with Gasteiger partial charge in [-0.15, -0.1) is 0 Å². The first-order valence-corrected chi connectivity index (χ1v) is 21.8. The van der Waals surface area contributed by atoms with E-state index in [1.165, 1.54) is 56.9 Å². The van der Waals surface area contributed by atoms with Crippen molar-refractivity contribution < 1.29 is 28.5 Å². The summed E-state index contributed by atoms with van der Waals surface area (Å²) in [6, 6.07) is 0. The number of rotatable bonds is 8. The normalized spacial score (nSPS) is 47.4. The van der Waals surface area contributed by atoms with E-state index in [0.29, 0.717) is 42.1 Å². The molecule has 5 aliphatic carbocycles. The van der Waals surface area contributed by atoms with Crippen LogP contribution in [-0.2, 0) is 28.5 Å². The zero-order valence-corrected chi connectivity index (χ0v) is 34.8. The molecule has 0 spiro atoms. The Bertz CT molecular complexity index is 1310. The van der Waals surface area contributed by atoms with Crippen LogP contribution in [0.25, 0.3) is 0 Å². The molecule has 13 unspecified atom stereocenters. The highest BCUT2D eigenvalue weighted by atomic mass is 16.7. The summed E-state index contributed by atoms with van der Waals surface area (Å²) in [5.74, 6) is 2.37. The third-order valence-corrected chi connectivity index (χ3v) is 17.2. The minimum Gasteiger partial charge on any atom is -0.462 e. The molecule has 0 N–H and O–H groups in total. The lowest BCUT2D eigenvalue weighted by Crippen LogP contribution is -2.67. The number of hydrogen-bond donors (Lipinski definition) is 0. The first kappa shape index (κ1) is 39.3. The van der Waals surface area contributed by atoms with Gasteiger partial charge < -0.3 is 23.7 Å². The molecule has 13 atom stereocenters. The van der Waals surface area contributed by atoms with Gasteiger partial charge in [-0.3, -0.25) is 4.79 Å². The fourth-order valence-electron chi connectivity index (χ4n) is 14.7. The summed E-state index contributed by atoms with van der Waals surface area (Å²) in [6.45, 7) is 28.8. The van der Waals surface area contributed by atoms with Crippen molar-refractivity contribution in [1.82, 2.24) is 0 Å². The van der Waals surface area contributed by atoms with Crippen molar-refractivity contribution in [1.29, 1.82) is 0 Å². The molecule has 2 heterocycles. The number of fused-ring (bicyclic) bond motifs is 7. The summed E-state index contributed by atoms with van der Waals surface area (Å²) in [7, 11) is 0. The molecule has 6 nitrogen and oxygen atoms in total. The van der Waals surface area contributed by atoms with Crippen molar-refractivity contribution in [3.63, 3.8) is 0 Å². The smallest absolute Gasteiger partial charge is 0.306 e. The molecule has 296 valence electrons.